The lowest BCUT2D eigenvalue weighted by atomic mass is 10.4. The minimum atomic E-state index is -0.691. The van der Waals surface area contributed by atoms with E-state index in [9.17, 15) is 10.1 Å². The topological polar surface area (TPSA) is 58.7 Å². The van der Waals surface area contributed by atoms with Gasteiger partial charge in [0.1, 0.15) is 6.17 Å². The average molecular weight is 242 g/mol. The van der Waals surface area contributed by atoms with Crippen LogP contribution in [-0.2, 0) is 0 Å². The fraction of sp³-hybridized carbons (Fsp3) is 0.400. The summed E-state index contributed by atoms with van der Waals surface area (Å²) in [6, 6.07) is 0. The third-order valence-corrected chi connectivity index (χ3v) is 2.72. The zero-order valence-electron chi connectivity index (χ0n) is 6.44. The molecule has 0 bridgehead atoms. The number of rotatable bonds is 1. The van der Waals surface area contributed by atoms with Crippen LogP contribution >= 0.6 is 36.0 Å². The highest BCUT2D eigenvalue weighted by molar-refractivity contribution is 7.78. The Hall–Kier alpha value is -0.460. The second-order valence-electron chi connectivity index (χ2n) is 2.29. The van der Waals surface area contributed by atoms with Crippen LogP contribution in [0.4, 0.5) is 0 Å². The molecule has 0 aromatic heterocycles. The van der Waals surface area contributed by atoms with Crippen molar-refractivity contribution in [3.05, 3.63) is 21.0 Å². The van der Waals surface area contributed by atoms with Crippen molar-refractivity contribution in [1.29, 1.82) is 0 Å². The zero-order chi connectivity index (χ0) is 10.2. The Morgan fingerprint density at radius 1 is 1.69 bits per heavy atom. The summed E-state index contributed by atoms with van der Waals surface area (Å²) in [7, 11) is 0. The van der Waals surface area contributed by atoms with E-state index in [0.717, 1.165) is 0 Å². The Labute approximate surface area is 89.7 Å². The molecule has 0 aromatic carbocycles. The molecule has 1 heterocycles. The molecule has 0 saturated heterocycles. The molecule has 1 aliphatic heterocycles. The Morgan fingerprint density at radius 2 is 2.23 bits per heavy atom. The van der Waals surface area contributed by atoms with E-state index in [1.165, 1.54) is 4.31 Å². The summed E-state index contributed by atoms with van der Waals surface area (Å²) in [4.78, 5) is 13.5. The molecule has 8 heteroatoms. The molecule has 72 valence electrons. The number of thiol groups is 1. The number of nitro groups is 1. The Balaban J connectivity index is 3.17. The van der Waals surface area contributed by atoms with Gasteiger partial charge in [-0.3, -0.25) is 14.4 Å². The fourth-order valence-corrected chi connectivity index (χ4v) is 1.58. The molecule has 0 aromatic rings. The van der Waals surface area contributed by atoms with E-state index in [0.29, 0.717) is 0 Å². The van der Waals surface area contributed by atoms with Gasteiger partial charge in [0.15, 0.2) is 5.16 Å². The maximum Gasteiger partial charge on any atom is 0.341 e. The molecule has 0 N–H and O–H groups in total. The van der Waals surface area contributed by atoms with Crippen LogP contribution in [0.5, 0.6) is 0 Å². The second kappa shape index (κ2) is 3.73. The van der Waals surface area contributed by atoms with Gasteiger partial charge in [0, 0.05) is 0 Å². The average Bonchev–Trinajstić information content (AvgIpc) is 1.99. The van der Waals surface area contributed by atoms with Gasteiger partial charge in [-0.25, -0.2) is 4.99 Å². The number of hydrogen-bond donors (Lipinski definition) is 1. The van der Waals surface area contributed by atoms with Crippen LogP contribution in [0.25, 0.3) is 0 Å². The van der Waals surface area contributed by atoms with Crippen LogP contribution in [0.1, 0.15) is 6.92 Å². The van der Waals surface area contributed by atoms with Crippen molar-refractivity contribution in [1.82, 2.24) is 4.31 Å². The lowest BCUT2D eigenvalue weighted by Gasteiger charge is -2.23. The zero-order valence-corrected chi connectivity index (χ0v) is 8.84. The minimum absolute atomic E-state index is 0.124. The molecule has 1 unspecified atom stereocenters. The molecular weight excluding hydrogens is 237 g/mol. The maximum absolute atomic E-state index is 10.5. The SMILES string of the molecule is CC1N=C(Cl)C([N+](=O)[O-])=C(Cl)N1S. The van der Waals surface area contributed by atoms with E-state index in [-0.39, 0.29) is 10.3 Å². The lowest BCUT2D eigenvalue weighted by molar-refractivity contribution is -0.416. The van der Waals surface area contributed by atoms with Gasteiger partial charge in [0.05, 0.1) is 4.92 Å². The predicted octanol–water partition coefficient (Wildman–Crippen LogP) is 1.81. The number of aliphatic imine (C=N–C) groups is 1. The summed E-state index contributed by atoms with van der Waals surface area (Å²) < 4.78 is 1.17. The molecule has 0 fully saturated rings. The summed E-state index contributed by atoms with van der Waals surface area (Å²) in [5.41, 5.74) is -0.420. The molecule has 1 rings (SSSR count). The smallest absolute Gasteiger partial charge is 0.280 e. The highest BCUT2D eigenvalue weighted by Crippen LogP contribution is 2.28. The summed E-state index contributed by atoms with van der Waals surface area (Å²) in [5.74, 6) is 0. The van der Waals surface area contributed by atoms with Gasteiger partial charge in [-0.1, -0.05) is 36.0 Å². The predicted molar refractivity (Wildman–Crippen MR) is 53.4 cm³/mol. The third-order valence-electron chi connectivity index (χ3n) is 1.43. The summed E-state index contributed by atoms with van der Waals surface area (Å²) >= 11 is 15.1. The van der Waals surface area contributed by atoms with Crippen LogP contribution in [0.2, 0.25) is 0 Å². The number of nitrogens with zero attached hydrogens (tertiary/aromatic N) is 3. The molecule has 0 spiro atoms. The monoisotopic (exact) mass is 241 g/mol. The first kappa shape index (κ1) is 10.6. The van der Waals surface area contributed by atoms with Crippen molar-refractivity contribution in [2.24, 2.45) is 4.99 Å². The highest BCUT2D eigenvalue weighted by atomic mass is 35.5. The Bertz CT molecular complexity index is 317. The minimum Gasteiger partial charge on any atom is -0.280 e. The van der Waals surface area contributed by atoms with E-state index in [4.69, 9.17) is 23.2 Å². The van der Waals surface area contributed by atoms with Crippen molar-refractivity contribution < 1.29 is 4.92 Å². The van der Waals surface area contributed by atoms with E-state index in [2.05, 4.69) is 17.8 Å². The van der Waals surface area contributed by atoms with Crippen LogP contribution in [0, 0.1) is 10.1 Å². The Kier molecular flexibility index (Phi) is 3.05. The summed E-state index contributed by atoms with van der Waals surface area (Å²) in [6.45, 7) is 1.66. The number of allylic oxidation sites excluding steroid dienone is 1. The van der Waals surface area contributed by atoms with Crippen LogP contribution in [0.15, 0.2) is 15.8 Å². The van der Waals surface area contributed by atoms with Gasteiger partial charge in [0.2, 0.25) is 5.17 Å². The highest BCUT2D eigenvalue weighted by Gasteiger charge is 2.32. The molecular formula is C5H5Cl2N3O2S. The van der Waals surface area contributed by atoms with E-state index < -0.39 is 16.8 Å². The maximum atomic E-state index is 10.5. The quantitative estimate of drug-likeness (QED) is 0.330. The van der Waals surface area contributed by atoms with Crippen LogP contribution < -0.4 is 0 Å². The first-order chi connectivity index (χ1) is 5.95. The summed E-state index contributed by atoms with van der Waals surface area (Å²) in [6.07, 6.45) is -0.410. The second-order valence-corrected chi connectivity index (χ2v) is 3.44. The standard InChI is InChI=1S/C5H5Cl2N3O2S/c1-2-8-4(6)3(10(11)12)5(7)9(2)13/h2,13H,1H3. The molecule has 1 aliphatic rings. The van der Waals surface area contributed by atoms with Crippen molar-refractivity contribution in [2.75, 3.05) is 0 Å². The van der Waals surface area contributed by atoms with E-state index in [1.807, 2.05) is 0 Å². The largest absolute Gasteiger partial charge is 0.341 e. The fourth-order valence-electron chi connectivity index (χ4n) is 0.788. The van der Waals surface area contributed by atoms with Gasteiger partial charge in [0.25, 0.3) is 0 Å². The van der Waals surface area contributed by atoms with Crippen LogP contribution in [0.3, 0.4) is 0 Å². The molecule has 13 heavy (non-hydrogen) atoms. The normalized spacial score (nSPS) is 23.2. The van der Waals surface area contributed by atoms with Crippen LogP contribution in [-0.4, -0.2) is 20.6 Å². The van der Waals surface area contributed by atoms with Gasteiger partial charge < -0.3 is 0 Å². The molecule has 5 nitrogen and oxygen atoms in total. The lowest BCUT2D eigenvalue weighted by Crippen LogP contribution is -2.29. The van der Waals surface area contributed by atoms with Gasteiger partial charge in [-0.15, -0.1) is 0 Å². The number of hydrogen-bond acceptors (Lipinski definition) is 5. The molecule has 0 radical (unpaired) electrons. The Morgan fingerprint density at radius 3 is 2.69 bits per heavy atom. The van der Waals surface area contributed by atoms with Crippen molar-refractivity contribution in [2.45, 2.75) is 13.1 Å². The van der Waals surface area contributed by atoms with E-state index in [1.54, 1.807) is 6.92 Å². The van der Waals surface area contributed by atoms with Gasteiger partial charge in [-0.05, 0) is 6.92 Å². The molecule has 0 saturated carbocycles. The van der Waals surface area contributed by atoms with Crippen molar-refractivity contribution in [3.63, 3.8) is 0 Å². The van der Waals surface area contributed by atoms with Gasteiger partial charge in [-0.2, -0.15) is 0 Å². The summed E-state index contributed by atoms with van der Waals surface area (Å²) in [5, 5.41) is 10.1. The first-order valence-corrected chi connectivity index (χ1v) is 4.36. The molecule has 1 atom stereocenters. The van der Waals surface area contributed by atoms with Crippen molar-refractivity contribution >= 4 is 41.2 Å². The van der Waals surface area contributed by atoms with E-state index >= 15 is 0 Å². The molecule has 0 amide bonds. The third kappa shape index (κ3) is 1.90. The van der Waals surface area contributed by atoms with Gasteiger partial charge >= 0.3 is 5.70 Å². The van der Waals surface area contributed by atoms with Crippen molar-refractivity contribution in [3.8, 4) is 0 Å². The number of halogens is 2. The first-order valence-electron chi connectivity index (χ1n) is 3.21. The molecule has 0 aliphatic carbocycles.